The molecule has 2 fully saturated rings. The molecule has 2 aliphatic rings. The summed E-state index contributed by atoms with van der Waals surface area (Å²) in [7, 11) is 2.20. The molecule has 5 heterocycles. The van der Waals surface area contributed by atoms with Crippen LogP contribution in [0, 0.1) is 13.8 Å². The number of imidazole rings is 1. The lowest BCUT2D eigenvalue weighted by atomic mass is 9.95. The predicted octanol–water partition coefficient (Wildman–Crippen LogP) is 2.92. The molecule has 1 aliphatic carbocycles. The zero-order chi connectivity index (χ0) is 21.3. The van der Waals surface area contributed by atoms with Crippen molar-refractivity contribution in [3.8, 4) is 11.4 Å². The highest BCUT2D eigenvalue weighted by atomic mass is 16.1. The molecule has 4 aromatic rings. The molecule has 8 heteroatoms. The third-order valence-corrected chi connectivity index (χ3v) is 7.06. The number of likely N-dealkylation sites (tertiary alicyclic amines) is 1. The molecular weight excluding hydrogens is 390 g/mol. The summed E-state index contributed by atoms with van der Waals surface area (Å²) in [6, 6.07) is 5.88. The van der Waals surface area contributed by atoms with Gasteiger partial charge in [0, 0.05) is 12.1 Å². The second kappa shape index (κ2) is 6.43. The minimum Gasteiger partial charge on any atom is -0.301 e. The quantitative estimate of drug-likeness (QED) is 0.501. The van der Waals surface area contributed by atoms with E-state index in [4.69, 9.17) is 4.98 Å². The third kappa shape index (κ3) is 2.89. The summed E-state index contributed by atoms with van der Waals surface area (Å²) < 4.78 is 3.48. The highest BCUT2D eigenvalue weighted by molar-refractivity contribution is 5.79. The van der Waals surface area contributed by atoms with E-state index in [1.807, 2.05) is 38.2 Å². The summed E-state index contributed by atoms with van der Waals surface area (Å²) >= 11 is 0. The van der Waals surface area contributed by atoms with Gasteiger partial charge in [0.05, 0.1) is 40.7 Å². The van der Waals surface area contributed by atoms with Gasteiger partial charge in [-0.2, -0.15) is 10.2 Å². The van der Waals surface area contributed by atoms with Crippen LogP contribution in [0.25, 0.3) is 27.9 Å². The summed E-state index contributed by atoms with van der Waals surface area (Å²) in [5.74, 6) is 0. The van der Waals surface area contributed by atoms with Crippen molar-refractivity contribution in [2.24, 2.45) is 0 Å². The van der Waals surface area contributed by atoms with Crippen LogP contribution in [0.2, 0.25) is 0 Å². The minimum atomic E-state index is -0.0493. The SMILES string of the molecule is Cc1cn2nc(-c3ccc4c(=O)n(C5CCN(C)C6(CC6)C5)ncc4n3)cc(C)c2n1. The Hall–Kier alpha value is -3.13. The normalized spacial score (nSPS) is 20.7. The van der Waals surface area contributed by atoms with Crippen LogP contribution in [-0.4, -0.2) is 53.4 Å². The average Bonchev–Trinajstić information content (AvgIpc) is 3.42. The number of aryl methyl sites for hydroxylation is 2. The first-order chi connectivity index (χ1) is 14.9. The molecule has 6 rings (SSSR count). The maximum atomic E-state index is 13.2. The largest absolute Gasteiger partial charge is 0.301 e. The van der Waals surface area contributed by atoms with E-state index in [9.17, 15) is 4.79 Å². The fourth-order valence-electron chi connectivity index (χ4n) is 5.03. The number of pyridine rings is 1. The van der Waals surface area contributed by atoms with Gasteiger partial charge in [-0.25, -0.2) is 19.2 Å². The van der Waals surface area contributed by atoms with Gasteiger partial charge >= 0.3 is 0 Å². The number of hydrogen-bond acceptors (Lipinski definition) is 6. The van der Waals surface area contributed by atoms with E-state index < -0.39 is 0 Å². The number of nitrogens with zero attached hydrogens (tertiary/aromatic N) is 7. The molecule has 158 valence electrons. The molecule has 1 atom stereocenters. The minimum absolute atomic E-state index is 0.0493. The fourth-order valence-corrected chi connectivity index (χ4v) is 5.03. The van der Waals surface area contributed by atoms with Crippen LogP contribution in [0.4, 0.5) is 0 Å². The zero-order valence-electron chi connectivity index (χ0n) is 18.0. The van der Waals surface area contributed by atoms with Crippen LogP contribution in [0.5, 0.6) is 0 Å². The monoisotopic (exact) mass is 415 g/mol. The van der Waals surface area contributed by atoms with Gasteiger partial charge in [-0.15, -0.1) is 0 Å². The van der Waals surface area contributed by atoms with Gasteiger partial charge < -0.3 is 4.90 Å². The molecule has 0 N–H and O–H groups in total. The molecule has 1 aliphatic heterocycles. The smallest absolute Gasteiger partial charge is 0.276 e. The Labute approximate surface area is 179 Å². The lowest BCUT2D eigenvalue weighted by Crippen LogP contribution is -2.44. The Bertz CT molecular complexity index is 1400. The van der Waals surface area contributed by atoms with Crippen LogP contribution >= 0.6 is 0 Å². The predicted molar refractivity (Wildman–Crippen MR) is 118 cm³/mol. The van der Waals surface area contributed by atoms with Gasteiger partial charge in [0.25, 0.3) is 5.56 Å². The first-order valence-corrected chi connectivity index (χ1v) is 10.9. The van der Waals surface area contributed by atoms with Gasteiger partial charge in [-0.05, 0) is 70.3 Å². The Morgan fingerprint density at radius 2 is 1.97 bits per heavy atom. The molecular formula is C23H25N7O. The van der Waals surface area contributed by atoms with Crippen molar-refractivity contribution in [2.45, 2.75) is 51.1 Å². The molecule has 1 saturated carbocycles. The summed E-state index contributed by atoms with van der Waals surface area (Å²) in [6.45, 7) is 4.98. The van der Waals surface area contributed by atoms with Gasteiger partial charge in [-0.3, -0.25) is 4.79 Å². The third-order valence-electron chi connectivity index (χ3n) is 7.06. The van der Waals surface area contributed by atoms with E-state index in [0.29, 0.717) is 10.9 Å². The van der Waals surface area contributed by atoms with E-state index in [1.54, 1.807) is 15.4 Å². The van der Waals surface area contributed by atoms with Gasteiger partial charge in [0.1, 0.15) is 5.69 Å². The Balaban J connectivity index is 1.39. The molecule has 8 nitrogen and oxygen atoms in total. The average molecular weight is 416 g/mol. The van der Waals surface area contributed by atoms with Gasteiger partial charge in [0.2, 0.25) is 0 Å². The summed E-state index contributed by atoms with van der Waals surface area (Å²) in [5.41, 5.74) is 5.11. The van der Waals surface area contributed by atoms with Crippen molar-refractivity contribution in [1.82, 2.24) is 34.3 Å². The Morgan fingerprint density at radius 1 is 1.13 bits per heavy atom. The van der Waals surface area contributed by atoms with Gasteiger partial charge in [0.15, 0.2) is 5.65 Å². The van der Waals surface area contributed by atoms with E-state index in [0.717, 1.165) is 47.7 Å². The lowest BCUT2D eigenvalue weighted by Gasteiger charge is -2.37. The number of hydrogen-bond donors (Lipinski definition) is 0. The van der Waals surface area contributed by atoms with E-state index in [1.165, 1.54) is 12.8 Å². The number of piperidine rings is 1. The van der Waals surface area contributed by atoms with Gasteiger partial charge in [-0.1, -0.05) is 0 Å². The maximum Gasteiger partial charge on any atom is 0.276 e. The summed E-state index contributed by atoms with van der Waals surface area (Å²) in [4.78, 5) is 24.9. The molecule has 1 spiro atoms. The van der Waals surface area contributed by atoms with Crippen LogP contribution < -0.4 is 5.56 Å². The molecule has 4 aromatic heterocycles. The molecule has 0 aromatic carbocycles. The fraction of sp³-hybridized carbons (Fsp3) is 0.435. The second-order valence-electron chi connectivity index (χ2n) is 9.18. The molecule has 1 saturated heterocycles. The number of aromatic nitrogens is 6. The van der Waals surface area contributed by atoms with Crippen molar-refractivity contribution in [2.75, 3.05) is 13.6 Å². The van der Waals surface area contributed by atoms with Crippen LogP contribution in [0.3, 0.4) is 0 Å². The van der Waals surface area contributed by atoms with Crippen molar-refractivity contribution in [3.05, 3.63) is 52.2 Å². The molecule has 1 unspecified atom stereocenters. The molecule has 0 radical (unpaired) electrons. The highest BCUT2D eigenvalue weighted by Crippen LogP contribution is 2.50. The topological polar surface area (TPSA) is 81.2 Å². The van der Waals surface area contributed by atoms with Crippen molar-refractivity contribution in [3.63, 3.8) is 0 Å². The molecule has 0 bridgehead atoms. The van der Waals surface area contributed by atoms with Crippen LogP contribution in [0.1, 0.15) is 43.0 Å². The Morgan fingerprint density at radius 3 is 2.77 bits per heavy atom. The maximum absolute atomic E-state index is 13.2. The zero-order valence-corrected chi connectivity index (χ0v) is 18.0. The standard InChI is InChI=1S/C23H25N7O/c1-14-10-19(27-29-13-15(2)25-21(14)29)18-5-4-17-20(26-18)12-24-30(22(17)31)16-6-9-28(3)23(11-16)7-8-23/h4-5,10,12-13,16H,6-9,11H2,1-3H3. The van der Waals surface area contributed by atoms with E-state index in [-0.39, 0.29) is 17.1 Å². The van der Waals surface area contributed by atoms with E-state index >= 15 is 0 Å². The summed E-state index contributed by atoms with van der Waals surface area (Å²) in [6.07, 6.45) is 8.03. The first kappa shape index (κ1) is 18.6. The number of fused-ring (bicyclic) bond motifs is 2. The first-order valence-electron chi connectivity index (χ1n) is 10.9. The van der Waals surface area contributed by atoms with Crippen molar-refractivity contribution in [1.29, 1.82) is 0 Å². The summed E-state index contributed by atoms with van der Waals surface area (Å²) in [5, 5.41) is 9.81. The lowest BCUT2D eigenvalue weighted by molar-refractivity contribution is 0.119. The van der Waals surface area contributed by atoms with Crippen LogP contribution in [0.15, 0.2) is 35.4 Å². The number of rotatable bonds is 2. The Kier molecular flexibility index (Phi) is 3.87. The molecule has 31 heavy (non-hydrogen) atoms. The van der Waals surface area contributed by atoms with Crippen molar-refractivity contribution >= 4 is 16.6 Å². The highest BCUT2D eigenvalue weighted by Gasteiger charge is 2.50. The van der Waals surface area contributed by atoms with E-state index in [2.05, 4.69) is 27.1 Å². The second-order valence-corrected chi connectivity index (χ2v) is 9.18. The van der Waals surface area contributed by atoms with Crippen molar-refractivity contribution < 1.29 is 0 Å². The molecule has 0 amide bonds. The van der Waals surface area contributed by atoms with Crippen LogP contribution in [-0.2, 0) is 0 Å².